The van der Waals surface area contributed by atoms with E-state index in [1.165, 1.54) is 13.3 Å². The first-order valence-electron chi connectivity index (χ1n) is 7.92. The van der Waals surface area contributed by atoms with Gasteiger partial charge in [-0.05, 0) is 18.2 Å². The van der Waals surface area contributed by atoms with Crippen LogP contribution < -0.4 is 5.32 Å². The number of hydrogen-bond donors (Lipinski definition) is 1. The van der Waals surface area contributed by atoms with Crippen molar-refractivity contribution >= 4 is 34.9 Å². The molecule has 130 valence electrons. The summed E-state index contributed by atoms with van der Waals surface area (Å²) in [6, 6.07) is 8.85. The number of piperazine rings is 1. The molecule has 1 aromatic carbocycles. The van der Waals surface area contributed by atoms with Crippen LogP contribution in [0.25, 0.3) is 0 Å². The Balaban J connectivity index is 1.69. The molecule has 1 aliphatic heterocycles. The smallest absolute Gasteiger partial charge is 0.272 e. The van der Waals surface area contributed by atoms with Crippen molar-refractivity contribution in [2.75, 3.05) is 31.5 Å². The molecule has 2 amide bonds. The molecule has 0 radical (unpaired) electrons. The molecule has 0 spiro atoms. The molecule has 0 unspecified atom stereocenters. The first-order chi connectivity index (χ1) is 12.0. The lowest BCUT2D eigenvalue weighted by Crippen LogP contribution is -2.50. The zero-order chi connectivity index (χ0) is 17.8. The molecule has 25 heavy (non-hydrogen) atoms. The molecule has 1 aliphatic rings. The summed E-state index contributed by atoms with van der Waals surface area (Å²) in [7, 11) is 0. The lowest BCUT2D eigenvalue weighted by Gasteiger charge is -2.34. The number of nitrogens with zero attached hydrogens (tertiary/aromatic N) is 4. The van der Waals surface area contributed by atoms with Gasteiger partial charge in [0.15, 0.2) is 0 Å². The third kappa shape index (κ3) is 4.24. The number of halogens is 1. The molecule has 2 heterocycles. The minimum absolute atomic E-state index is 0.0298. The van der Waals surface area contributed by atoms with E-state index >= 15 is 0 Å². The standard InChI is InChI=1S/C17H18ClN5O2/c1-12(24)22-5-7-23(8-6-22)17(25)15-10-16(20-11-19-15)21-14-4-2-3-13(18)9-14/h2-4,9-11H,5-8H2,1H3,(H,19,20,21). The van der Waals surface area contributed by atoms with Crippen LogP contribution >= 0.6 is 11.6 Å². The first kappa shape index (κ1) is 17.2. The van der Waals surface area contributed by atoms with Gasteiger partial charge in [-0.25, -0.2) is 9.97 Å². The van der Waals surface area contributed by atoms with Gasteiger partial charge in [0.25, 0.3) is 5.91 Å². The van der Waals surface area contributed by atoms with Crippen molar-refractivity contribution in [1.82, 2.24) is 19.8 Å². The molecule has 0 aliphatic carbocycles. The van der Waals surface area contributed by atoms with Gasteiger partial charge in [0.1, 0.15) is 17.8 Å². The van der Waals surface area contributed by atoms with Crippen molar-refractivity contribution in [3.05, 3.63) is 47.4 Å². The highest BCUT2D eigenvalue weighted by Gasteiger charge is 2.24. The molecule has 0 atom stereocenters. The van der Waals surface area contributed by atoms with E-state index in [-0.39, 0.29) is 11.8 Å². The second-order valence-electron chi connectivity index (χ2n) is 5.72. The Kier molecular flexibility index (Phi) is 5.14. The fourth-order valence-electron chi connectivity index (χ4n) is 2.64. The summed E-state index contributed by atoms with van der Waals surface area (Å²) < 4.78 is 0. The summed E-state index contributed by atoms with van der Waals surface area (Å²) >= 11 is 5.97. The predicted octanol–water partition coefficient (Wildman–Crippen LogP) is 2.18. The van der Waals surface area contributed by atoms with Crippen LogP contribution in [0.2, 0.25) is 5.02 Å². The van der Waals surface area contributed by atoms with Crippen LogP contribution in [0.15, 0.2) is 36.7 Å². The van der Waals surface area contributed by atoms with Gasteiger partial charge in [-0.3, -0.25) is 9.59 Å². The van der Waals surface area contributed by atoms with Crippen LogP contribution in [0.1, 0.15) is 17.4 Å². The van der Waals surface area contributed by atoms with Crippen LogP contribution in [0.5, 0.6) is 0 Å². The van der Waals surface area contributed by atoms with E-state index in [2.05, 4.69) is 15.3 Å². The highest BCUT2D eigenvalue weighted by Crippen LogP contribution is 2.19. The Morgan fingerprint density at radius 2 is 1.80 bits per heavy atom. The number of carbonyl (C=O) groups is 2. The van der Waals surface area contributed by atoms with E-state index in [9.17, 15) is 9.59 Å². The third-order valence-corrected chi connectivity index (χ3v) is 4.23. The molecular formula is C17H18ClN5O2. The average Bonchev–Trinajstić information content (AvgIpc) is 2.61. The van der Waals surface area contributed by atoms with Crippen molar-refractivity contribution in [2.45, 2.75) is 6.92 Å². The largest absolute Gasteiger partial charge is 0.340 e. The molecule has 3 rings (SSSR count). The highest BCUT2D eigenvalue weighted by molar-refractivity contribution is 6.30. The molecule has 2 aromatic rings. The maximum atomic E-state index is 12.6. The second kappa shape index (κ2) is 7.48. The molecule has 1 aromatic heterocycles. The normalized spacial score (nSPS) is 14.3. The number of nitrogens with one attached hydrogen (secondary N) is 1. The minimum Gasteiger partial charge on any atom is -0.340 e. The molecule has 8 heteroatoms. The summed E-state index contributed by atoms with van der Waals surface area (Å²) in [6.07, 6.45) is 1.35. The fraction of sp³-hybridized carbons (Fsp3) is 0.294. The summed E-state index contributed by atoms with van der Waals surface area (Å²) in [4.78, 5) is 35.6. The molecule has 0 saturated carbocycles. The molecule has 0 bridgehead atoms. The first-order valence-corrected chi connectivity index (χ1v) is 8.30. The SMILES string of the molecule is CC(=O)N1CCN(C(=O)c2cc(Nc3cccc(Cl)c3)ncn2)CC1. The Morgan fingerprint density at radius 1 is 1.08 bits per heavy atom. The van der Waals surface area contributed by atoms with Crippen molar-refractivity contribution in [1.29, 1.82) is 0 Å². The van der Waals surface area contributed by atoms with Crippen LogP contribution in [-0.2, 0) is 4.79 Å². The zero-order valence-corrected chi connectivity index (χ0v) is 14.5. The molecule has 1 saturated heterocycles. The Morgan fingerprint density at radius 3 is 2.48 bits per heavy atom. The van der Waals surface area contributed by atoms with Gasteiger partial charge in [0, 0.05) is 49.9 Å². The fourth-order valence-corrected chi connectivity index (χ4v) is 2.83. The van der Waals surface area contributed by atoms with Crippen LogP contribution in [-0.4, -0.2) is 57.8 Å². The van der Waals surface area contributed by atoms with Gasteiger partial charge in [0.05, 0.1) is 0 Å². The summed E-state index contributed by atoms with van der Waals surface area (Å²) in [6.45, 7) is 3.62. The van der Waals surface area contributed by atoms with Crippen molar-refractivity contribution < 1.29 is 9.59 Å². The summed E-state index contributed by atoms with van der Waals surface area (Å²) in [5.74, 6) is 0.380. The lowest BCUT2D eigenvalue weighted by molar-refractivity contribution is -0.130. The number of hydrogen-bond acceptors (Lipinski definition) is 5. The Labute approximate surface area is 150 Å². The van der Waals surface area contributed by atoms with Crippen molar-refractivity contribution in [2.24, 2.45) is 0 Å². The van der Waals surface area contributed by atoms with Crippen LogP contribution in [0.3, 0.4) is 0 Å². The van der Waals surface area contributed by atoms with E-state index in [4.69, 9.17) is 11.6 Å². The average molecular weight is 360 g/mol. The van der Waals surface area contributed by atoms with E-state index in [0.717, 1.165) is 5.69 Å². The van der Waals surface area contributed by atoms with Gasteiger partial charge in [-0.1, -0.05) is 17.7 Å². The van der Waals surface area contributed by atoms with Gasteiger partial charge < -0.3 is 15.1 Å². The lowest BCUT2D eigenvalue weighted by atomic mass is 10.2. The second-order valence-corrected chi connectivity index (χ2v) is 6.16. The van der Waals surface area contributed by atoms with E-state index in [1.54, 1.807) is 28.0 Å². The van der Waals surface area contributed by atoms with Crippen molar-refractivity contribution in [3.63, 3.8) is 0 Å². The van der Waals surface area contributed by atoms with Crippen LogP contribution in [0, 0.1) is 0 Å². The topological polar surface area (TPSA) is 78.4 Å². The van der Waals surface area contributed by atoms with Gasteiger partial charge in [0.2, 0.25) is 5.91 Å². The third-order valence-electron chi connectivity index (χ3n) is 4.00. The quantitative estimate of drug-likeness (QED) is 0.908. The number of benzene rings is 1. The van der Waals surface area contributed by atoms with Gasteiger partial charge >= 0.3 is 0 Å². The summed E-state index contributed by atoms with van der Waals surface area (Å²) in [5, 5.41) is 3.72. The van der Waals surface area contributed by atoms with E-state index in [0.29, 0.717) is 42.7 Å². The van der Waals surface area contributed by atoms with Gasteiger partial charge in [-0.15, -0.1) is 0 Å². The zero-order valence-electron chi connectivity index (χ0n) is 13.8. The molecule has 7 nitrogen and oxygen atoms in total. The Bertz CT molecular complexity index is 790. The number of aromatic nitrogens is 2. The number of rotatable bonds is 3. The molecule has 1 N–H and O–H groups in total. The maximum absolute atomic E-state index is 12.6. The Hall–Kier alpha value is -2.67. The van der Waals surface area contributed by atoms with Gasteiger partial charge in [-0.2, -0.15) is 0 Å². The number of carbonyl (C=O) groups excluding carboxylic acids is 2. The van der Waals surface area contributed by atoms with E-state index in [1.807, 2.05) is 12.1 Å². The summed E-state index contributed by atoms with van der Waals surface area (Å²) in [5.41, 5.74) is 1.09. The number of anilines is 2. The molecule has 1 fully saturated rings. The maximum Gasteiger partial charge on any atom is 0.272 e. The highest BCUT2D eigenvalue weighted by atomic mass is 35.5. The van der Waals surface area contributed by atoms with Crippen LogP contribution in [0.4, 0.5) is 11.5 Å². The van der Waals surface area contributed by atoms with E-state index < -0.39 is 0 Å². The molecular weight excluding hydrogens is 342 g/mol. The van der Waals surface area contributed by atoms with Crippen molar-refractivity contribution in [3.8, 4) is 0 Å². The monoisotopic (exact) mass is 359 g/mol. The minimum atomic E-state index is -0.167. The predicted molar refractivity (Wildman–Crippen MR) is 94.9 cm³/mol. The number of amides is 2.